The summed E-state index contributed by atoms with van der Waals surface area (Å²) in [5.41, 5.74) is -2.76. The molecule has 2 saturated carbocycles. The summed E-state index contributed by atoms with van der Waals surface area (Å²) in [5, 5.41) is 32.7. The number of nitrogens with zero attached hydrogens (tertiary/aromatic N) is 2. The van der Waals surface area contributed by atoms with Gasteiger partial charge in [0.05, 0.1) is 36.0 Å². The van der Waals surface area contributed by atoms with E-state index in [1.54, 1.807) is 37.5 Å². The number of esters is 2. The van der Waals surface area contributed by atoms with Gasteiger partial charge in [0.25, 0.3) is 0 Å². The predicted octanol–water partition coefficient (Wildman–Crippen LogP) is 4.35. The molecular formula is C35H36N2O9. The monoisotopic (exact) mass is 628 g/mol. The lowest BCUT2D eigenvalue weighted by atomic mass is 9.42. The zero-order valence-corrected chi connectivity index (χ0v) is 26.1. The lowest BCUT2D eigenvalue weighted by molar-refractivity contribution is -0.264. The molecule has 2 N–H and O–H groups in total. The van der Waals surface area contributed by atoms with Crippen molar-refractivity contribution in [3.8, 4) is 23.1 Å². The Morgan fingerprint density at radius 1 is 1.15 bits per heavy atom. The second kappa shape index (κ2) is 11.4. The Morgan fingerprint density at radius 3 is 2.54 bits per heavy atom. The van der Waals surface area contributed by atoms with Crippen LogP contribution >= 0.6 is 0 Å². The molecule has 2 aliphatic carbocycles. The summed E-state index contributed by atoms with van der Waals surface area (Å²) in [5.74, 6) is -2.10. The first-order chi connectivity index (χ1) is 21.8. The van der Waals surface area contributed by atoms with Crippen LogP contribution in [0.25, 0.3) is 11.3 Å². The Hall–Kier alpha value is -4.53. The number of aromatic nitrogens is 1. The van der Waals surface area contributed by atoms with Gasteiger partial charge < -0.3 is 28.8 Å². The van der Waals surface area contributed by atoms with Gasteiger partial charge in [0.1, 0.15) is 28.8 Å². The maximum absolute atomic E-state index is 13.6. The van der Waals surface area contributed by atoms with E-state index in [4.69, 9.17) is 18.6 Å². The molecule has 3 unspecified atom stereocenters. The van der Waals surface area contributed by atoms with E-state index in [0.29, 0.717) is 24.0 Å². The number of hydrogen-bond donors (Lipinski definition) is 2. The molecule has 3 heterocycles. The minimum absolute atomic E-state index is 0.0398. The van der Waals surface area contributed by atoms with Gasteiger partial charge in [0.15, 0.2) is 0 Å². The number of pyridine rings is 1. The van der Waals surface area contributed by atoms with Crippen LogP contribution in [-0.2, 0) is 14.3 Å². The number of nitriles is 1. The van der Waals surface area contributed by atoms with Gasteiger partial charge >= 0.3 is 17.6 Å². The van der Waals surface area contributed by atoms with E-state index in [1.165, 1.54) is 31.2 Å². The Kier molecular flexibility index (Phi) is 7.77. The Bertz CT molecular complexity index is 1770. The van der Waals surface area contributed by atoms with Crippen LogP contribution < -0.4 is 10.4 Å². The molecule has 11 heteroatoms. The van der Waals surface area contributed by atoms with Crippen molar-refractivity contribution < 1.29 is 38.4 Å². The van der Waals surface area contributed by atoms with Crippen LogP contribution in [0.1, 0.15) is 74.5 Å². The third-order valence-corrected chi connectivity index (χ3v) is 10.6. The zero-order valence-electron chi connectivity index (χ0n) is 26.1. The first kappa shape index (κ1) is 31.5. The van der Waals surface area contributed by atoms with Gasteiger partial charge in [-0.25, -0.2) is 9.59 Å². The number of ether oxygens (including phenoxy) is 3. The Morgan fingerprint density at radius 2 is 1.89 bits per heavy atom. The Balaban J connectivity index is 1.48. The van der Waals surface area contributed by atoms with Crippen LogP contribution in [0.2, 0.25) is 0 Å². The van der Waals surface area contributed by atoms with Crippen molar-refractivity contribution in [2.75, 3.05) is 6.61 Å². The van der Waals surface area contributed by atoms with Crippen molar-refractivity contribution in [2.45, 2.75) is 70.9 Å². The maximum Gasteiger partial charge on any atom is 0.345 e. The summed E-state index contributed by atoms with van der Waals surface area (Å²) in [4.78, 5) is 43.2. The van der Waals surface area contributed by atoms with Crippen molar-refractivity contribution in [3.05, 3.63) is 82.0 Å². The van der Waals surface area contributed by atoms with Crippen molar-refractivity contribution in [1.82, 2.24) is 4.98 Å². The largest absolute Gasteiger partial charge is 0.482 e. The van der Waals surface area contributed by atoms with Crippen molar-refractivity contribution in [1.29, 1.82) is 5.26 Å². The third kappa shape index (κ3) is 4.96. The van der Waals surface area contributed by atoms with E-state index < -0.39 is 64.1 Å². The SMILES string of the molecule is CC(=O)OC[C@@]1(C)C2C[C@H](OC(=O)c3ccc(C#N)cc3)[C@@]3(C)Oc4cc(-c5cccnc5)oc(=O)c4C(O)C3[C@@]2(C)CC[C@@H]1O. The Labute approximate surface area is 265 Å². The van der Waals surface area contributed by atoms with Crippen LogP contribution in [0, 0.1) is 34.0 Å². The highest BCUT2D eigenvalue weighted by Crippen LogP contribution is 2.67. The fourth-order valence-corrected chi connectivity index (χ4v) is 8.34. The van der Waals surface area contributed by atoms with Gasteiger partial charge in [-0.05, 0) is 73.9 Å². The lowest BCUT2D eigenvalue weighted by Gasteiger charge is -2.66. The van der Waals surface area contributed by atoms with Crippen molar-refractivity contribution in [2.24, 2.45) is 22.7 Å². The minimum Gasteiger partial charge on any atom is -0.482 e. The van der Waals surface area contributed by atoms with Crippen LogP contribution in [0.4, 0.5) is 0 Å². The number of benzene rings is 1. The molecule has 6 rings (SSSR count). The van der Waals surface area contributed by atoms with Gasteiger partial charge in [-0.3, -0.25) is 9.78 Å². The molecule has 11 nitrogen and oxygen atoms in total. The predicted molar refractivity (Wildman–Crippen MR) is 162 cm³/mol. The second-order valence-electron chi connectivity index (χ2n) is 13.3. The number of aliphatic hydroxyl groups excluding tert-OH is 2. The number of carbonyl (C=O) groups is 2. The molecule has 8 atom stereocenters. The fraction of sp³-hybridized carbons (Fsp3) is 0.457. The zero-order chi connectivity index (χ0) is 33.0. The smallest absolute Gasteiger partial charge is 0.345 e. The number of hydrogen-bond acceptors (Lipinski definition) is 11. The molecule has 0 spiro atoms. The number of aliphatic hydroxyl groups is 2. The normalized spacial score (nSPS) is 32.8. The van der Waals surface area contributed by atoms with E-state index in [9.17, 15) is 29.9 Å². The molecule has 2 fully saturated rings. The summed E-state index contributed by atoms with van der Waals surface area (Å²) in [6, 6.07) is 13.0. The standard InChI is InChI=1S/C35H36N2O9/c1-19(38)43-18-34(3)25-15-27(45-31(41)21-9-7-20(16-36)8-10-21)35(4)30(33(25,2)12-11-26(34)39)29(40)28-24(46-35)14-23(44-32(28)42)22-6-5-13-37-17-22/h5-10,13-14,17,25-27,29-30,39-40H,11-12,15,18H2,1-4H3/t25?,26-,27-,29?,30?,33-,34-,35+/m0/s1. The second-order valence-corrected chi connectivity index (χ2v) is 13.3. The van der Waals surface area contributed by atoms with Gasteiger partial charge in [0, 0.05) is 42.3 Å². The van der Waals surface area contributed by atoms with Crippen LogP contribution in [0.5, 0.6) is 5.75 Å². The lowest BCUT2D eigenvalue weighted by Crippen LogP contribution is -2.71. The highest BCUT2D eigenvalue weighted by molar-refractivity contribution is 5.89. The highest BCUT2D eigenvalue weighted by atomic mass is 16.6. The first-order valence-electron chi connectivity index (χ1n) is 15.3. The number of rotatable bonds is 5. The van der Waals surface area contributed by atoms with E-state index in [0.717, 1.165) is 0 Å². The van der Waals surface area contributed by atoms with Gasteiger partial charge in [0.2, 0.25) is 0 Å². The summed E-state index contributed by atoms with van der Waals surface area (Å²) >= 11 is 0. The van der Waals surface area contributed by atoms with E-state index in [2.05, 4.69) is 4.98 Å². The molecule has 0 saturated heterocycles. The summed E-state index contributed by atoms with van der Waals surface area (Å²) < 4.78 is 24.1. The molecule has 3 aromatic rings. The topological polar surface area (TPSA) is 169 Å². The molecule has 46 heavy (non-hydrogen) atoms. The molecule has 0 amide bonds. The van der Waals surface area contributed by atoms with Gasteiger partial charge in [-0.15, -0.1) is 0 Å². The summed E-state index contributed by atoms with van der Waals surface area (Å²) in [6.45, 7) is 6.80. The number of carbonyl (C=O) groups excluding carboxylic acids is 2. The third-order valence-electron chi connectivity index (χ3n) is 10.6. The van der Waals surface area contributed by atoms with Crippen molar-refractivity contribution >= 4 is 11.9 Å². The molecule has 1 aromatic carbocycles. The molecule has 2 aromatic heterocycles. The molecule has 240 valence electrons. The fourth-order valence-electron chi connectivity index (χ4n) is 8.34. The van der Waals surface area contributed by atoms with Crippen molar-refractivity contribution in [3.63, 3.8) is 0 Å². The van der Waals surface area contributed by atoms with E-state index in [1.807, 2.05) is 19.9 Å². The van der Waals surface area contributed by atoms with Gasteiger partial charge in [-0.1, -0.05) is 13.8 Å². The minimum atomic E-state index is -1.38. The number of fused-ring (bicyclic) bond motifs is 4. The average molecular weight is 629 g/mol. The highest BCUT2D eigenvalue weighted by Gasteiger charge is 2.70. The van der Waals surface area contributed by atoms with Crippen LogP contribution in [0.3, 0.4) is 0 Å². The average Bonchev–Trinajstić information content (AvgIpc) is 3.03. The van der Waals surface area contributed by atoms with E-state index in [-0.39, 0.29) is 35.7 Å². The van der Waals surface area contributed by atoms with E-state index >= 15 is 0 Å². The van der Waals surface area contributed by atoms with Gasteiger partial charge in [-0.2, -0.15) is 5.26 Å². The molecule has 0 bridgehead atoms. The molecule has 3 aliphatic rings. The summed E-state index contributed by atoms with van der Waals surface area (Å²) in [7, 11) is 0. The molecule has 1 aliphatic heterocycles. The van der Waals surface area contributed by atoms with Crippen LogP contribution in [0.15, 0.2) is 64.1 Å². The maximum atomic E-state index is 13.6. The molecular weight excluding hydrogens is 592 g/mol. The molecule has 0 radical (unpaired) electrons. The quantitative estimate of drug-likeness (QED) is 0.385. The first-order valence-corrected chi connectivity index (χ1v) is 15.3. The van der Waals surface area contributed by atoms with Crippen LogP contribution in [-0.4, -0.2) is 51.6 Å². The summed E-state index contributed by atoms with van der Waals surface area (Å²) in [6.07, 6.45) is 0.933.